The van der Waals surface area contributed by atoms with Gasteiger partial charge in [0, 0.05) is 40.7 Å². The van der Waals surface area contributed by atoms with Crippen molar-refractivity contribution in [3.8, 4) is 5.75 Å². The summed E-state index contributed by atoms with van der Waals surface area (Å²) in [6.45, 7) is 5.21. The van der Waals surface area contributed by atoms with Crippen LogP contribution in [0.25, 0.3) is 10.1 Å². The van der Waals surface area contributed by atoms with Crippen LogP contribution in [0, 0.1) is 13.8 Å². The molecular formula is C18H19NO3S. The first-order valence-corrected chi connectivity index (χ1v) is 8.27. The number of ketones is 1. The third-order valence-electron chi connectivity index (χ3n) is 4.11. The molecule has 0 spiro atoms. The molecule has 0 saturated heterocycles. The van der Waals surface area contributed by atoms with Crippen molar-refractivity contribution in [1.82, 2.24) is 4.57 Å². The summed E-state index contributed by atoms with van der Waals surface area (Å²) < 4.78 is 8.11. The van der Waals surface area contributed by atoms with Gasteiger partial charge in [-0.1, -0.05) is 12.1 Å². The number of aromatic hydroxyl groups is 1. The van der Waals surface area contributed by atoms with Crippen molar-refractivity contribution in [2.24, 2.45) is 0 Å². The molecule has 0 fully saturated rings. The van der Waals surface area contributed by atoms with E-state index >= 15 is 0 Å². The summed E-state index contributed by atoms with van der Waals surface area (Å²) >= 11 is 1.34. The molecule has 0 aliphatic rings. The number of nitrogens with zero attached hydrogens (tertiary/aromatic N) is 1. The Morgan fingerprint density at radius 3 is 2.74 bits per heavy atom. The second-order valence-electron chi connectivity index (χ2n) is 5.53. The van der Waals surface area contributed by atoms with Gasteiger partial charge in [-0.15, -0.1) is 11.3 Å². The molecule has 3 aromatic rings. The van der Waals surface area contributed by atoms with Crippen LogP contribution in [0.5, 0.6) is 5.75 Å². The maximum atomic E-state index is 12.9. The Morgan fingerprint density at radius 1 is 1.30 bits per heavy atom. The number of aryl methyl sites for hydroxylation is 1. The number of hydrogen-bond acceptors (Lipinski definition) is 4. The quantitative estimate of drug-likeness (QED) is 0.722. The molecule has 0 bridgehead atoms. The van der Waals surface area contributed by atoms with E-state index in [2.05, 4.69) is 4.57 Å². The lowest BCUT2D eigenvalue weighted by Gasteiger charge is -2.08. The zero-order valence-electron chi connectivity index (χ0n) is 13.4. The van der Waals surface area contributed by atoms with Gasteiger partial charge in [-0.3, -0.25) is 4.79 Å². The molecule has 4 nitrogen and oxygen atoms in total. The predicted octanol–water partition coefficient (Wildman–Crippen LogP) is 3.90. The molecule has 0 atom stereocenters. The van der Waals surface area contributed by atoms with Gasteiger partial charge in [0.2, 0.25) is 5.78 Å². The summed E-state index contributed by atoms with van der Waals surface area (Å²) in [4.78, 5) is 13.3. The molecule has 2 aromatic heterocycles. The molecule has 120 valence electrons. The van der Waals surface area contributed by atoms with E-state index in [-0.39, 0.29) is 11.5 Å². The van der Waals surface area contributed by atoms with Crippen LogP contribution < -0.4 is 0 Å². The van der Waals surface area contributed by atoms with Crippen molar-refractivity contribution in [2.45, 2.75) is 20.4 Å². The molecule has 1 N–H and O–H groups in total. The normalized spacial score (nSPS) is 11.3. The Kier molecular flexibility index (Phi) is 4.24. The van der Waals surface area contributed by atoms with E-state index in [1.54, 1.807) is 7.11 Å². The topological polar surface area (TPSA) is 51.5 Å². The number of aromatic nitrogens is 1. The Hall–Kier alpha value is -2.11. The van der Waals surface area contributed by atoms with Gasteiger partial charge in [0.15, 0.2) is 0 Å². The van der Waals surface area contributed by atoms with E-state index in [1.165, 1.54) is 11.3 Å². The van der Waals surface area contributed by atoms with E-state index in [1.807, 2.05) is 44.2 Å². The van der Waals surface area contributed by atoms with Crippen molar-refractivity contribution in [1.29, 1.82) is 0 Å². The average molecular weight is 329 g/mol. The van der Waals surface area contributed by atoms with Crippen molar-refractivity contribution in [2.75, 3.05) is 13.7 Å². The van der Waals surface area contributed by atoms with Crippen LogP contribution >= 0.6 is 11.3 Å². The van der Waals surface area contributed by atoms with Gasteiger partial charge in [0.25, 0.3) is 0 Å². The molecule has 3 rings (SSSR count). The number of benzene rings is 1. The highest BCUT2D eigenvalue weighted by molar-refractivity contribution is 7.21. The van der Waals surface area contributed by atoms with Gasteiger partial charge in [-0.05, 0) is 32.0 Å². The zero-order chi connectivity index (χ0) is 16.6. The summed E-state index contributed by atoms with van der Waals surface area (Å²) in [5, 5.41) is 11.1. The first kappa shape index (κ1) is 15.8. The molecule has 0 amide bonds. The van der Waals surface area contributed by atoms with Gasteiger partial charge in [0.05, 0.1) is 6.61 Å². The van der Waals surface area contributed by atoms with Gasteiger partial charge in [-0.25, -0.2) is 0 Å². The Morgan fingerprint density at radius 2 is 2.04 bits per heavy atom. The van der Waals surface area contributed by atoms with E-state index in [9.17, 15) is 9.90 Å². The molecule has 0 aliphatic carbocycles. The number of carbonyl (C=O) groups excluding carboxylic acids is 1. The van der Waals surface area contributed by atoms with Crippen LogP contribution in [0.4, 0.5) is 0 Å². The monoisotopic (exact) mass is 329 g/mol. The number of thiophene rings is 1. The Labute approximate surface area is 138 Å². The van der Waals surface area contributed by atoms with Gasteiger partial charge < -0.3 is 14.4 Å². The number of ether oxygens (including phenoxy) is 1. The smallest absolute Gasteiger partial charge is 0.208 e. The minimum absolute atomic E-state index is 0.0808. The third-order valence-corrected chi connectivity index (χ3v) is 5.27. The average Bonchev–Trinajstić information content (AvgIpc) is 3.03. The first-order valence-electron chi connectivity index (χ1n) is 7.45. The lowest BCUT2D eigenvalue weighted by molar-refractivity contribution is 0.103. The van der Waals surface area contributed by atoms with E-state index < -0.39 is 0 Å². The van der Waals surface area contributed by atoms with E-state index in [0.29, 0.717) is 23.6 Å². The van der Waals surface area contributed by atoms with E-state index in [4.69, 9.17) is 4.74 Å². The fourth-order valence-electron chi connectivity index (χ4n) is 2.87. The number of methoxy groups -OCH3 is 1. The number of rotatable bonds is 5. The maximum Gasteiger partial charge on any atom is 0.208 e. The zero-order valence-corrected chi connectivity index (χ0v) is 14.2. The summed E-state index contributed by atoms with van der Waals surface area (Å²) in [5.74, 6) is -0.0437. The van der Waals surface area contributed by atoms with Crippen LogP contribution in [-0.4, -0.2) is 29.2 Å². The SMILES string of the molecule is COCCn1c(C)cc(C(=O)c2sc3ccccc3c2O)c1C. The molecule has 23 heavy (non-hydrogen) atoms. The molecule has 5 heteroatoms. The van der Waals surface area contributed by atoms with Gasteiger partial charge >= 0.3 is 0 Å². The number of carbonyl (C=O) groups is 1. The summed E-state index contributed by atoms with van der Waals surface area (Å²) in [5.41, 5.74) is 2.56. The first-order chi connectivity index (χ1) is 11.0. The minimum Gasteiger partial charge on any atom is -0.506 e. The Balaban J connectivity index is 2.04. The highest BCUT2D eigenvalue weighted by atomic mass is 32.1. The lowest BCUT2D eigenvalue weighted by atomic mass is 10.1. The van der Waals surface area contributed by atoms with Crippen molar-refractivity contribution < 1.29 is 14.6 Å². The highest BCUT2D eigenvalue weighted by Crippen LogP contribution is 2.38. The molecule has 0 unspecified atom stereocenters. The van der Waals surface area contributed by atoms with E-state index in [0.717, 1.165) is 21.5 Å². The molecule has 1 aromatic carbocycles. The Bertz CT molecular complexity index is 876. The van der Waals surface area contributed by atoms with Crippen molar-refractivity contribution in [3.63, 3.8) is 0 Å². The summed E-state index contributed by atoms with van der Waals surface area (Å²) in [6, 6.07) is 9.40. The van der Waals surface area contributed by atoms with Crippen LogP contribution in [0.15, 0.2) is 30.3 Å². The number of hydrogen-bond donors (Lipinski definition) is 1. The fraction of sp³-hybridized carbons (Fsp3) is 0.278. The molecule has 0 saturated carbocycles. The number of fused-ring (bicyclic) bond motifs is 1. The van der Waals surface area contributed by atoms with Crippen LogP contribution in [0.1, 0.15) is 26.6 Å². The summed E-state index contributed by atoms with van der Waals surface area (Å²) in [7, 11) is 1.66. The molecule has 0 radical (unpaired) electrons. The molecule has 2 heterocycles. The highest BCUT2D eigenvalue weighted by Gasteiger charge is 2.23. The molecular weight excluding hydrogens is 310 g/mol. The predicted molar refractivity (Wildman–Crippen MR) is 92.7 cm³/mol. The van der Waals surface area contributed by atoms with Gasteiger partial charge in [0.1, 0.15) is 10.6 Å². The largest absolute Gasteiger partial charge is 0.506 e. The van der Waals surface area contributed by atoms with Crippen molar-refractivity contribution in [3.05, 3.63) is 52.2 Å². The second kappa shape index (κ2) is 6.18. The van der Waals surface area contributed by atoms with Crippen LogP contribution in [0.3, 0.4) is 0 Å². The third kappa shape index (κ3) is 2.66. The summed E-state index contributed by atoms with van der Waals surface area (Å²) in [6.07, 6.45) is 0. The fourth-order valence-corrected chi connectivity index (χ4v) is 3.92. The molecule has 0 aliphatic heterocycles. The lowest BCUT2D eigenvalue weighted by Crippen LogP contribution is -2.09. The van der Waals surface area contributed by atoms with Crippen LogP contribution in [0.2, 0.25) is 0 Å². The van der Waals surface area contributed by atoms with Crippen LogP contribution in [-0.2, 0) is 11.3 Å². The second-order valence-corrected chi connectivity index (χ2v) is 6.59. The standard InChI is InChI=1S/C18H19NO3S/c1-11-10-14(12(2)19(11)8-9-22-3)17(21)18-16(20)13-6-4-5-7-15(13)23-18/h4-7,10,20H,8-9H2,1-3H3. The minimum atomic E-state index is -0.125. The van der Waals surface area contributed by atoms with Crippen molar-refractivity contribution >= 4 is 27.2 Å². The van der Waals surface area contributed by atoms with Gasteiger partial charge in [-0.2, -0.15) is 0 Å². The maximum absolute atomic E-state index is 12.9.